The molecule has 3 nitrogen and oxygen atoms in total. The molecule has 3 aromatic rings. The van der Waals surface area contributed by atoms with E-state index in [4.69, 9.17) is 11.6 Å². The summed E-state index contributed by atoms with van der Waals surface area (Å²) >= 11 is 5.98. The average Bonchev–Trinajstić information content (AvgIpc) is 3.27. The van der Waals surface area contributed by atoms with Gasteiger partial charge in [-0.25, -0.2) is 16.8 Å². The summed E-state index contributed by atoms with van der Waals surface area (Å²) in [6.07, 6.45) is -1.01. The van der Waals surface area contributed by atoms with E-state index in [1.54, 1.807) is 6.07 Å². The summed E-state index contributed by atoms with van der Waals surface area (Å²) < 4.78 is 81.6. The molecule has 1 atom stereocenters. The van der Waals surface area contributed by atoms with Crippen LogP contribution in [0.3, 0.4) is 0 Å². The van der Waals surface area contributed by atoms with Crippen LogP contribution in [0.4, 0.5) is 17.6 Å². The SMILES string of the molecule is CCC1CCc2c1cn(S(=O)(=O)c1ccc(C(F)(F)F)cc1Cl)c2-c1ccccc1F. The number of hydrogen-bond donors (Lipinski definition) is 0. The van der Waals surface area contributed by atoms with Crippen molar-refractivity contribution in [2.75, 3.05) is 0 Å². The third-order valence-electron chi connectivity index (χ3n) is 5.71. The van der Waals surface area contributed by atoms with Crippen LogP contribution in [0.2, 0.25) is 5.02 Å². The van der Waals surface area contributed by atoms with Crippen LogP contribution in [-0.4, -0.2) is 12.4 Å². The van der Waals surface area contributed by atoms with Gasteiger partial charge in [0, 0.05) is 11.8 Å². The van der Waals surface area contributed by atoms with E-state index in [-0.39, 0.29) is 17.2 Å². The van der Waals surface area contributed by atoms with Gasteiger partial charge in [-0.1, -0.05) is 30.7 Å². The number of halogens is 5. The lowest BCUT2D eigenvalue weighted by Gasteiger charge is -2.15. The van der Waals surface area contributed by atoms with Crippen molar-refractivity contribution in [1.29, 1.82) is 0 Å². The molecule has 1 aromatic heterocycles. The highest BCUT2D eigenvalue weighted by Gasteiger charge is 2.35. The Hall–Kier alpha value is -2.32. The monoisotopic (exact) mass is 471 g/mol. The van der Waals surface area contributed by atoms with Gasteiger partial charge in [-0.05, 0) is 66.6 Å². The predicted octanol–water partition coefficient (Wildman–Crippen LogP) is 6.64. The molecule has 0 saturated heterocycles. The largest absolute Gasteiger partial charge is 0.416 e. The lowest BCUT2D eigenvalue weighted by Crippen LogP contribution is -2.16. The molecule has 0 aliphatic heterocycles. The molecule has 164 valence electrons. The van der Waals surface area contributed by atoms with Crippen molar-refractivity contribution in [3.8, 4) is 11.3 Å². The van der Waals surface area contributed by atoms with Crippen LogP contribution in [0, 0.1) is 5.82 Å². The van der Waals surface area contributed by atoms with E-state index in [2.05, 4.69) is 0 Å². The number of rotatable bonds is 4. The Morgan fingerprint density at radius 2 is 1.87 bits per heavy atom. The van der Waals surface area contributed by atoms with Crippen LogP contribution in [0.15, 0.2) is 53.6 Å². The summed E-state index contributed by atoms with van der Waals surface area (Å²) in [4.78, 5) is -0.471. The highest BCUT2D eigenvalue weighted by Crippen LogP contribution is 2.44. The van der Waals surface area contributed by atoms with Gasteiger partial charge in [-0.3, -0.25) is 0 Å². The van der Waals surface area contributed by atoms with Gasteiger partial charge in [0.15, 0.2) is 0 Å². The fourth-order valence-corrected chi connectivity index (χ4v) is 6.10. The van der Waals surface area contributed by atoms with E-state index in [0.29, 0.717) is 18.6 Å². The minimum absolute atomic E-state index is 0.118. The summed E-state index contributed by atoms with van der Waals surface area (Å²) in [5.41, 5.74) is 0.815. The summed E-state index contributed by atoms with van der Waals surface area (Å²) in [5, 5.41) is -0.546. The number of aromatic nitrogens is 1. The lowest BCUT2D eigenvalue weighted by molar-refractivity contribution is -0.137. The topological polar surface area (TPSA) is 39.1 Å². The molecule has 0 radical (unpaired) electrons. The normalized spacial score (nSPS) is 16.5. The Morgan fingerprint density at radius 1 is 1.16 bits per heavy atom. The number of alkyl halides is 3. The first-order chi connectivity index (χ1) is 14.6. The second kappa shape index (κ2) is 7.67. The fourth-order valence-electron chi connectivity index (χ4n) is 4.17. The molecule has 1 unspecified atom stereocenters. The number of hydrogen-bond acceptors (Lipinski definition) is 2. The van der Waals surface area contributed by atoms with Gasteiger partial charge >= 0.3 is 6.18 Å². The highest BCUT2D eigenvalue weighted by molar-refractivity contribution is 7.90. The van der Waals surface area contributed by atoms with Crippen molar-refractivity contribution in [3.63, 3.8) is 0 Å². The van der Waals surface area contributed by atoms with Crippen molar-refractivity contribution >= 4 is 21.6 Å². The fraction of sp³-hybridized carbons (Fsp3) is 0.273. The van der Waals surface area contributed by atoms with Gasteiger partial charge in [0.2, 0.25) is 0 Å². The Bertz CT molecular complexity index is 1270. The zero-order chi connectivity index (χ0) is 22.6. The van der Waals surface area contributed by atoms with Gasteiger partial charge < -0.3 is 0 Å². The molecule has 2 aromatic carbocycles. The van der Waals surface area contributed by atoms with Crippen LogP contribution in [0.25, 0.3) is 11.3 Å². The van der Waals surface area contributed by atoms with Gasteiger partial charge in [-0.2, -0.15) is 13.2 Å². The van der Waals surface area contributed by atoms with Crippen molar-refractivity contribution in [2.45, 2.75) is 43.2 Å². The zero-order valence-corrected chi connectivity index (χ0v) is 18.0. The average molecular weight is 472 g/mol. The Labute approximate surface area is 182 Å². The van der Waals surface area contributed by atoms with Crippen molar-refractivity contribution in [3.05, 3.63) is 76.2 Å². The van der Waals surface area contributed by atoms with E-state index in [1.807, 2.05) is 6.92 Å². The minimum atomic E-state index is -4.66. The third-order valence-corrected chi connectivity index (χ3v) is 7.85. The predicted molar refractivity (Wildman–Crippen MR) is 110 cm³/mol. The summed E-state index contributed by atoms with van der Waals surface area (Å²) in [6.45, 7) is 1.99. The standard InChI is InChI=1S/C22H18ClF4NO2S/c1-2-13-7-9-15-17(13)12-28(21(15)16-5-3-4-6-19(16)24)31(29,30)20-10-8-14(11-18(20)23)22(25,26)27/h3-6,8,10-13H,2,7,9H2,1H3. The third kappa shape index (κ3) is 3.65. The van der Waals surface area contributed by atoms with Gasteiger partial charge in [-0.15, -0.1) is 0 Å². The van der Waals surface area contributed by atoms with E-state index < -0.39 is 37.5 Å². The molecule has 1 aliphatic rings. The smallest absolute Gasteiger partial charge is 0.240 e. The molecule has 4 rings (SSSR count). The van der Waals surface area contributed by atoms with Crippen molar-refractivity contribution in [2.24, 2.45) is 0 Å². The van der Waals surface area contributed by atoms with E-state index in [1.165, 1.54) is 24.4 Å². The van der Waals surface area contributed by atoms with Gasteiger partial charge in [0.05, 0.1) is 16.3 Å². The quantitative estimate of drug-likeness (QED) is 0.400. The first kappa shape index (κ1) is 21.9. The molecule has 31 heavy (non-hydrogen) atoms. The second-order valence-electron chi connectivity index (χ2n) is 7.48. The second-order valence-corrected chi connectivity index (χ2v) is 9.67. The number of benzene rings is 2. The van der Waals surface area contributed by atoms with Crippen molar-refractivity contribution < 1.29 is 26.0 Å². The maximum absolute atomic E-state index is 14.7. The maximum atomic E-state index is 14.7. The van der Waals surface area contributed by atoms with E-state index in [9.17, 15) is 26.0 Å². The van der Waals surface area contributed by atoms with E-state index in [0.717, 1.165) is 34.0 Å². The minimum Gasteiger partial charge on any atom is -0.240 e. The number of fused-ring (bicyclic) bond motifs is 1. The van der Waals surface area contributed by atoms with E-state index >= 15 is 0 Å². The molecule has 1 aliphatic carbocycles. The molecule has 0 amide bonds. The van der Waals surface area contributed by atoms with Crippen LogP contribution >= 0.6 is 11.6 Å². The van der Waals surface area contributed by atoms with Gasteiger partial charge in [0.1, 0.15) is 10.7 Å². The first-order valence-electron chi connectivity index (χ1n) is 9.67. The molecular formula is C22H18ClF4NO2S. The maximum Gasteiger partial charge on any atom is 0.416 e. The highest BCUT2D eigenvalue weighted by atomic mass is 35.5. The van der Waals surface area contributed by atoms with Crippen LogP contribution in [0.5, 0.6) is 0 Å². The molecule has 0 bridgehead atoms. The molecule has 0 spiro atoms. The lowest BCUT2D eigenvalue weighted by atomic mass is 10.0. The molecule has 9 heteroatoms. The van der Waals surface area contributed by atoms with Crippen molar-refractivity contribution in [1.82, 2.24) is 3.97 Å². The Kier molecular flexibility index (Phi) is 5.42. The van der Waals surface area contributed by atoms with Gasteiger partial charge in [0.25, 0.3) is 10.0 Å². The Balaban J connectivity index is 1.95. The van der Waals surface area contributed by atoms with Crippen LogP contribution < -0.4 is 0 Å². The zero-order valence-electron chi connectivity index (χ0n) is 16.4. The summed E-state index contributed by atoms with van der Waals surface area (Å²) in [6, 6.07) is 7.94. The first-order valence-corrected chi connectivity index (χ1v) is 11.5. The summed E-state index contributed by atoms with van der Waals surface area (Å²) in [7, 11) is -4.39. The Morgan fingerprint density at radius 3 is 2.48 bits per heavy atom. The molecule has 1 heterocycles. The number of nitrogens with zero attached hydrogens (tertiary/aromatic N) is 1. The summed E-state index contributed by atoms with van der Waals surface area (Å²) in [5.74, 6) is -0.460. The molecular weight excluding hydrogens is 454 g/mol. The van der Waals surface area contributed by atoms with Crippen LogP contribution in [0.1, 0.15) is 42.4 Å². The molecule has 0 saturated carbocycles. The molecule has 0 N–H and O–H groups in total. The van der Waals surface area contributed by atoms with Crippen LogP contribution in [-0.2, 0) is 22.6 Å². The molecule has 0 fully saturated rings.